The van der Waals surface area contributed by atoms with Gasteiger partial charge in [-0.15, -0.1) is 0 Å². The van der Waals surface area contributed by atoms with Crippen LogP contribution in [-0.4, -0.2) is 83.4 Å². The van der Waals surface area contributed by atoms with Crippen LogP contribution in [0.2, 0.25) is 0 Å². The predicted molar refractivity (Wildman–Crippen MR) is 159 cm³/mol. The van der Waals surface area contributed by atoms with Gasteiger partial charge in [-0.1, -0.05) is 0 Å². The lowest BCUT2D eigenvalue weighted by molar-refractivity contribution is 0.0526. The number of ether oxygens (including phenoxy) is 1. The van der Waals surface area contributed by atoms with E-state index in [4.69, 9.17) is 4.74 Å². The molecule has 3 atom stereocenters. The lowest BCUT2D eigenvalue weighted by atomic mass is 10.0. The second-order valence-electron chi connectivity index (χ2n) is 11.4. The van der Waals surface area contributed by atoms with Gasteiger partial charge in [0.15, 0.2) is 0 Å². The number of aromatic nitrogens is 3. The fraction of sp³-hybridized carbons (Fsp3) is 0.467. The van der Waals surface area contributed by atoms with Crippen molar-refractivity contribution >= 4 is 23.2 Å². The second kappa shape index (κ2) is 12.3. The Hall–Kier alpha value is -3.97. The predicted octanol–water partition coefficient (Wildman–Crippen LogP) is 3.93. The minimum Gasteiger partial charge on any atom is -0.375 e. The van der Waals surface area contributed by atoms with Crippen LogP contribution in [0.3, 0.4) is 0 Å². The molecular formula is C30H36F3N7O3. The molecule has 10 nitrogen and oxygen atoms in total. The zero-order valence-corrected chi connectivity index (χ0v) is 24.9. The van der Waals surface area contributed by atoms with Gasteiger partial charge in [-0.2, -0.15) is 0 Å². The molecule has 2 saturated heterocycles. The number of benzene rings is 1. The maximum atomic E-state index is 15.8. The first-order chi connectivity index (χ1) is 20.4. The van der Waals surface area contributed by atoms with Crippen LogP contribution in [0.15, 0.2) is 41.6 Å². The first-order valence-corrected chi connectivity index (χ1v) is 14.2. The molecule has 1 aromatic carbocycles. The van der Waals surface area contributed by atoms with Crippen LogP contribution in [0.1, 0.15) is 43.1 Å². The van der Waals surface area contributed by atoms with Crippen LogP contribution in [0, 0.1) is 5.82 Å². The molecule has 13 heteroatoms. The topological polar surface area (TPSA) is 95.8 Å². The number of morpholine rings is 1. The van der Waals surface area contributed by atoms with Gasteiger partial charge in [0.25, 0.3) is 17.9 Å². The number of carbonyl (C=O) groups is 1. The van der Waals surface area contributed by atoms with E-state index in [1.165, 1.54) is 31.6 Å². The summed E-state index contributed by atoms with van der Waals surface area (Å²) in [5.41, 5.74) is -0.484. The molecule has 3 unspecified atom stereocenters. The van der Waals surface area contributed by atoms with Gasteiger partial charge in [-0.3, -0.25) is 14.5 Å². The Morgan fingerprint density at radius 1 is 1.02 bits per heavy atom. The molecule has 2 aliphatic heterocycles. The van der Waals surface area contributed by atoms with Crippen molar-refractivity contribution in [3.63, 3.8) is 0 Å². The van der Waals surface area contributed by atoms with Crippen molar-refractivity contribution in [2.24, 2.45) is 7.05 Å². The fourth-order valence-electron chi connectivity index (χ4n) is 5.57. The number of carbonyl (C=O) groups excluding carboxylic acids is 1. The minimum atomic E-state index is -3.04. The Morgan fingerprint density at radius 2 is 1.70 bits per heavy atom. The van der Waals surface area contributed by atoms with Gasteiger partial charge in [-0.25, -0.2) is 23.1 Å². The van der Waals surface area contributed by atoms with E-state index in [-0.39, 0.29) is 35.0 Å². The Bertz CT molecular complexity index is 1540. The normalized spacial score (nSPS) is 21.4. The first kappa shape index (κ1) is 30.5. The molecule has 4 heterocycles. The van der Waals surface area contributed by atoms with Gasteiger partial charge in [0.1, 0.15) is 5.82 Å². The molecule has 0 bridgehead atoms. The minimum absolute atomic E-state index is 0.0332. The van der Waals surface area contributed by atoms with Gasteiger partial charge >= 0.3 is 0 Å². The molecule has 5 rings (SSSR count). The van der Waals surface area contributed by atoms with Gasteiger partial charge in [0, 0.05) is 86.7 Å². The highest BCUT2D eigenvalue weighted by Crippen LogP contribution is 2.36. The van der Waals surface area contributed by atoms with E-state index >= 15 is 4.39 Å². The summed E-state index contributed by atoms with van der Waals surface area (Å²) in [5, 5.41) is 2.74. The molecule has 0 aliphatic carbocycles. The van der Waals surface area contributed by atoms with Crippen molar-refractivity contribution in [3.8, 4) is 11.1 Å². The summed E-state index contributed by atoms with van der Waals surface area (Å²) in [4.78, 5) is 40.6. The maximum Gasteiger partial charge on any atom is 0.264 e. The third-order valence-corrected chi connectivity index (χ3v) is 8.25. The largest absolute Gasteiger partial charge is 0.375 e. The summed E-state index contributed by atoms with van der Waals surface area (Å²) in [6, 6.07) is 3.85. The standard InChI is InChI=1S/C30H36F3N7O3/c1-17-13-40(14-18(2)38(17)5)26-10-24(31)21(20-11-34-30(35-12-20)39-6-7-43-19(3)15-39)8-25(26)36-29(42)23-16-37(4)27(41)9-22(23)28(32)33/h8-12,16-19,28H,6-7,13-15H2,1-5H3,(H,36,42). The first-order valence-electron chi connectivity index (χ1n) is 14.2. The number of piperazine rings is 1. The van der Waals surface area contributed by atoms with Crippen LogP contribution in [0.4, 0.5) is 30.5 Å². The van der Waals surface area contributed by atoms with Crippen LogP contribution >= 0.6 is 0 Å². The number of likely N-dealkylation sites (N-methyl/N-ethyl adjacent to an activating group) is 1. The highest BCUT2D eigenvalue weighted by atomic mass is 19.3. The van der Waals surface area contributed by atoms with Gasteiger partial charge in [-0.05, 0) is 40.0 Å². The lowest BCUT2D eigenvalue weighted by Crippen LogP contribution is -2.55. The highest BCUT2D eigenvalue weighted by Gasteiger charge is 2.30. The van der Waals surface area contributed by atoms with Crippen LogP contribution in [-0.2, 0) is 11.8 Å². The molecule has 0 spiro atoms. The average molecular weight is 600 g/mol. The number of hydrogen-bond donors (Lipinski definition) is 1. The molecule has 230 valence electrons. The van der Waals surface area contributed by atoms with E-state index in [1.807, 2.05) is 23.8 Å². The number of nitrogens with one attached hydrogen (secondary N) is 1. The Morgan fingerprint density at radius 3 is 2.33 bits per heavy atom. The summed E-state index contributed by atoms with van der Waals surface area (Å²) in [7, 11) is 3.40. The second-order valence-corrected chi connectivity index (χ2v) is 11.4. The summed E-state index contributed by atoms with van der Waals surface area (Å²) < 4.78 is 50.1. The zero-order chi connectivity index (χ0) is 31.0. The highest BCUT2D eigenvalue weighted by molar-refractivity contribution is 6.07. The van der Waals surface area contributed by atoms with Crippen LogP contribution in [0.5, 0.6) is 0 Å². The van der Waals surface area contributed by atoms with E-state index in [9.17, 15) is 18.4 Å². The third kappa shape index (κ3) is 6.37. The molecule has 3 aromatic rings. The van der Waals surface area contributed by atoms with Crippen molar-refractivity contribution in [2.45, 2.75) is 45.4 Å². The number of anilines is 3. The molecule has 1 amide bonds. The van der Waals surface area contributed by atoms with Crippen molar-refractivity contribution in [2.75, 3.05) is 55.0 Å². The quantitative estimate of drug-likeness (QED) is 0.456. The smallest absolute Gasteiger partial charge is 0.264 e. The summed E-state index contributed by atoms with van der Waals surface area (Å²) >= 11 is 0. The Balaban J connectivity index is 1.54. The van der Waals surface area contributed by atoms with E-state index < -0.39 is 29.3 Å². The van der Waals surface area contributed by atoms with E-state index in [0.717, 1.165) is 16.8 Å². The van der Waals surface area contributed by atoms with Crippen molar-refractivity contribution in [1.82, 2.24) is 19.4 Å². The van der Waals surface area contributed by atoms with E-state index in [0.29, 0.717) is 50.0 Å². The molecule has 2 fully saturated rings. The molecule has 0 radical (unpaired) electrons. The van der Waals surface area contributed by atoms with E-state index in [1.54, 1.807) is 0 Å². The number of aryl methyl sites for hydroxylation is 1. The molecular weight excluding hydrogens is 563 g/mol. The number of alkyl halides is 2. The third-order valence-electron chi connectivity index (χ3n) is 8.25. The summed E-state index contributed by atoms with van der Waals surface area (Å²) in [6.07, 6.45) is 1.12. The zero-order valence-electron chi connectivity index (χ0n) is 24.9. The van der Waals surface area contributed by atoms with Gasteiger partial charge in [0.2, 0.25) is 5.95 Å². The number of nitrogens with zero attached hydrogens (tertiary/aromatic N) is 6. The van der Waals surface area contributed by atoms with Gasteiger partial charge in [0.05, 0.1) is 29.6 Å². The van der Waals surface area contributed by atoms with Crippen molar-refractivity contribution in [1.29, 1.82) is 0 Å². The maximum absolute atomic E-state index is 15.8. The monoisotopic (exact) mass is 599 g/mol. The lowest BCUT2D eigenvalue weighted by Gasteiger charge is -2.44. The van der Waals surface area contributed by atoms with Crippen molar-refractivity contribution < 1.29 is 22.7 Å². The molecule has 2 aromatic heterocycles. The summed E-state index contributed by atoms with van der Waals surface area (Å²) in [6.45, 7) is 9.01. The summed E-state index contributed by atoms with van der Waals surface area (Å²) in [5.74, 6) is -0.883. The van der Waals surface area contributed by atoms with E-state index in [2.05, 4.69) is 34.0 Å². The SMILES string of the molecule is CC1CN(c2ncc(-c3cc(NC(=O)c4cn(C)c(=O)cc4C(F)F)c(N4CC(C)N(C)C(C)C4)cc3F)cn2)CCO1. The molecule has 1 N–H and O–H groups in total. The average Bonchev–Trinajstić information content (AvgIpc) is 2.97. The van der Waals surface area contributed by atoms with Gasteiger partial charge < -0.3 is 24.4 Å². The number of rotatable bonds is 6. The number of halogens is 3. The number of pyridine rings is 1. The number of hydrogen-bond acceptors (Lipinski definition) is 8. The number of amides is 1. The van der Waals surface area contributed by atoms with Crippen LogP contribution < -0.4 is 20.7 Å². The molecule has 43 heavy (non-hydrogen) atoms. The molecule has 0 saturated carbocycles. The Kier molecular flexibility index (Phi) is 8.74. The Labute approximate surface area is 248 Å². The van der Waals surface area contributed by atoms with Crippen molar-refractivity contribution in [3.05, 3.63) is 64.1 Å². The molecule has 2 aliphatic rings. The fourth-order valence-corrected chi connectivity index (χ4v) is 5.57. The van der Waals surface area contributed by atoms with Crippen LogP contribution in [0.25, 0.3) is 11.1 Å².